The predicted molar refractivity (Wildman–Crippen MR) is 128 cm³/mol. The van der Waals surface area contributed by atoms with Crippen LogP contribution in [0.2, 0.25) is 0 Å². The van der Waals surface area contributed by atoms with Gasteiger partial charge in [0.2, 0.25) is 0 Å². The summed E-state index contributed by atoms with van der Waals surface area (Å²) in [5, 5.41) is 8.61. The molecule has 3 aromatic carbocycles. The fourth-order valence-corrected chi connectivity index (χ4v) is 3.89. The van der Waals surface area contributed by atoms with Crippen LogP contribution in [-0.2, 0) is 7.05 Å². The van der Waals surface area contributed by atoms with E-state index in [2.05, 4.69) is 5.32 Å². The number of anilines is 2. The molecule has 0 radical (unpaired) electrons. The number of hydrogen-bond donors (Lipinski definition) is 2. The predicted octanol–water partition coefficient (Wildman–Crippen LogP) is 5.17. The molecular formula is C26H26N4O2. The summed E-state index contributed by atoms with van der Waals surface area (Å²) in [7, 11) is 1.91. The fourth-order valence-electron chi connectivity index (χ4n) is 3.89. The van der Waals surface area contributed by atoms with Crippen molar-refractivity contribution in [2.24, 2.45) is 13.0 Å². The molecule has 0 spiro atoms. The maximum Gasteiger partial charge on any atom is 0.255 e. The molecule has 0 aliphatic heterocycles. The van der Waals surface area contributed by atoms with Crippen molar-refractivity contribution in [2.45, 2.75) is 19.8 Å². The van der Waals surface area contributed by atoms with Crippen molar-refractivity contribution in [3.8, 4) is 17.0 Å². The first-order chi connectivity index (χ1) is 15.5. The number of nitrogens with one attached hydrogen (secondary N) is 1. The van der Waals surface area contributed by atoms with Gasteiger partial charge >= 0.3 is 0 Å². The number of nitrogen functional groups attached to an aromatic ring is 1. The average Bonchev–Trinajstić information content (AvgIpc) is 3.56. The molecule has 0 atom stereocenters. The summed E-state index contributed by atoms with van der Waals surface area (Å²) in [6, 6.07) is 19.0. The highest BCUT2D eigenvalue weighted by Crippen LogP contribution is 2.32. The largest absolute Gasteiger partial charge is 0.493 e. The van der Waals surface area contributed by atoms with Crippen LogP contribution in [0, 0.1) is 12.8 Å². The van der Waals surface area contributed by atoms with Crippen molar-refractivity contribution in [3.63, 3.8) is 0 Å². The Balaban J connectivity index is 1.39. The molecule has 5 rings (SSSR count). The topological polar surface area (TPSA) is 82.2 Å². The van der Waals surface area contributed by atoms with Crippen LogP contribution in [-0.4, -0.2) is 22.3 Å². The van der Waals surface area contributed by atoms with Crippen molar-refractivity contribution in [1.82, 2.24) is 9.78 Å². The Morgan fingerprint density at radius 1 is 1.12 bits per heavy atom. The fraction of sp³-hybridized carbons (Fsp3) is 0.231. The van der Waals surface area contributed by atoms with Crippen LogP contribution < -0.4 is 15.8 Å². The summed E-state index contributed by atoms with van der Waals surface area (Å²) in [6.45, 7) is 2.79. The van der Waals surface area contributed by atoms with Gasteiger partial charge in [0, 0.05) is 34.9 Å². The van der Waals surface area contributed by atoms with Crippen LogP contribution >= 0.6 is 0 Å². The van der Waals surface area contributed by atoms with Gasteiger partial charge in [-0.2, -0.15) is 5.10 Å². The molecule has 0 unspecified atom stereocenters. The van der Waals surface area contributed by atoms with Gasteiger partial charge < -0.3 is 15.8 Å². The molecule has 4 aromatic rings. The summed E-state index contributed by atoms with van der Waals surface area (Å²) in [5.41, 5.74) is 11.8. The zero-order valence-corrected chi connectivity index (χ0v) is 18.3. The van der Waals surface area contributed by atoms with Crippen LogP contribution in [0.1, 0.15) is 28.8 Å². The number of fused-ring (bicyclic) bond motifs is 1. The summed E-state index contributed by atoms with van der Waals surface area (Å²) in [5.74, 6) is 1.37. The molecular weight excluding hydrogens is 400 g/mol. The first-order valence-electron chi connectivity index (χ1n) is 10.9. The highest BCUT2D eigenvalue weighted by Gasteiger charge is 2.22. The highest BCUT2D eigenvalue weighted by molar-refractivity contribution is 6.07. The van der Waals surface area contributed by atoms with Crippen molar-refractivity contribution >= 4 is 28.2 Å². The molecule has 6 nitrogen and oxygen atoms in total. The molecule has 1 saturated carbocycles. The zero-order valence-electron chi connectivity index (χ0n) is 18.3. The number of amides is 1. The Hall–Kier alpha value is -3.80. The molecule has 6 heteroatoms. The quantitative estimate of drug-likeness (QED) is 0.417. The van der Waals surface area contributed by atoms with Gasteiger partial charge in [-0.15, -0.1) is 0 Å². The zero-order chi connectivity index (χ0) is 22.2. The Morgan fingerprint density at radius 3 is 2.62 bits per heavy atom. The van der Waals surface area contributed by atoms with E-state index in [0.29, 0.717) is 11.5 Å². The smallest absolute Gasteiger partial charge is 0.255 e. The Morgan fingerprint density at radius 2 is 1.91 bits per heavy atom. The standard InChI is InChI=1S/C26H26N4O2/c1-16-13-19(27)6-11-22(16)25-23-14-18(5-12-24(23)30(2)29-25)26(31)28-20-7-9-21(10-8-20)32-15-17-3-4-17/h5-14,17H,3-4,15,27H2,1-2H3,(H,28,31). The molecule has 162 valence electrons. The molecule has 1 fully saturated rings. The van der Waals surface area contributed by atoms with Crippen LogP contribution in [0.3, 0.4) is 0 Å². The Labute approximate surface area is 187 Å². The summed E-state index contributed by atoms with van der Waals surface area (Å²) in [4.78, 5) is 12.9. The Kier molecular flexibility index (Phi) is 5.05. The average molecular weight is 427 g/mol. The van der Waals surface area contributed by atoms with Crippen LogP contribution in [0.4, 0.5) is 11.4 Å². The summed E-state index contributed by atoms with van der Waals surface area (Å²) in [6.07, 6.45) is 2.52. The third kappa shape index (κ3) is 4.04. The molecule has 3 N–H and O–H groups in total. The van der Waals surface area contributed by atoms with E-state index in [0.717, 1.165) is 51.5 Å². The number of rotatable bonds is 6. The minimum absolute atomic E-state index is 0.164. The molecule has 32 heavy (non-hydrogen) atoms. The molecule has 1 aliphatic carbocycles. The minimum Gasteiger partial charge on any atom is -0.493 e. The van der Waals surface area contributed by atoms with Gasteiger partial charge in [-0.1, -0.05) is 6.07 Å². The third-order valence-electron chi connectivity index (χ3n) is 5.91. The number of nitrogens with two attached hydrogens (primary N) is 1. The number of carbonyl (C=O) groups excluding carboxylic acids is 1. The second kappa shape index (κ2) is 8.04. The number of aryl methyl sites for hydroxylation is 2. The van der Waals surface area contributed by atoms with Gasteiger partial charge in [0.05, 0.1) is 12.1 Å². The second-order valence-electron chi connectivity index (χ2n) is 8.51. The SMILES string of the molecule is Cc1cc(N)ccc1-c1nn(C)c2ccc(C(=O)Nc3ccc(OCC4CC4)cc3)cc12. The maximum absolute atomic E-state index is 12.9. The normalized spacial score (nSPS) is 13.3. The van der Waals surface area contributed by atoms with Crippen molar-refractivity contribution in [2.75, 3.05) is 17.7 Å². The van der Waals surface area contributed by atoms with E-state index in [1.54, 1.807) is 0 Å². The van der Waals surface area contributed by atoms with Crippen molar-refractivity contribution < 1.29 is 9.53 Å². The van der Waals surface area contributed by atoms with Gasteiger partial charge in [-0.05, 0) is 85.8 Å². The van der Waals surface area contributed by atoms with Gasteiger partial charge in [0.15, 0.2) is 0 Å². The highest BCUT2D eigenvalue weighted by atomic mass is 16.5. The third-order valence-corrected chi connectivity index (χ3v) is 5.91. The number of hydrogen-bond acceptors (Lipinski definition) is 4. The van der Waals surface area contributed by atoms with E-state index < -0.39 is 0 Å². The van der Waals surface area contributed by atoms with E-state index in [9.17, 15) is 4.79 Å². The lowest BCUT2D eigenvalue weighted by atomic mass is 10.0. The van der Waals surface area contributed by atoms with E-state index in [-0.39, 0.29) is 5.91 Å². The molecule has 1 aromatic heterocycles. The lowest BCUT2D eigenvalue weighted by Gasteiger charge is -2.09. The number of benzene rings is 3. The Bertz CT molecular complexity index is 1300. The van der Waals surface area contributed by atoms with Crippen molar-refractivity contribution in [1.29, 1.82) is 0 Å². The summed E-state index contributed by atoms with van der Waals surface area (Å²) < 4.78 is 7.60. The summed E-state index contributed by atoms with van der Waals surface area (Å²) >= 11 is 0. The van der Waals surface area contributed by atoms with E-state index in [4.69, 9.17) is 15.6 Å². The number of carbonyl (C=O) groups is 1. The number of ether oxygens (including phenoxy) is 1. The molecule has 0 saturated heterocycles. The van der Waals surface area contributed by atoms with Crippen LogP contribution in [0.15, 0.2) is 60.7 Å². The van der Waals surface area contributed by atoms with Gasteiger partial charge in [-0.25, -0.2) is 0 Å². The first-order valence-corrected chi connectivity index (χ1v) is 10.9. The second-order valence-corrected chi connectivity index (χ2v) is 8.51. The van der Waals surface area contributed by atoms with Gasteiger partial charge in [0.25, 0.3) is 5.91 Å². The lowest BCUT2D eigenvalue weighted by Crippen LogP contribution is -2.11. The maximum atomic E-state index is 12.9. The monoisotopic (exact) mass is 426 g/mol. The van der Waals surface area contributed by atoms with E-state index in [1.807, 2.05) is 79.3 Å². The number of nitrogens with zero attached hydrogens (tertiary/aromatic N) is 2. The van der Waals surface area contributed by atoms with E-state index in [1.165, 1.54) is 12.8 Å². The van der Waals surface area contributed by atoms with Gasteiger partial charge in [-0.3, -0.25) is 9.48 Å². The van der Waals surface area contributed by atoms with Gasteiger partial charge in [0.1, 0.15) is 11.4 Å². The molecule has 0 bridgehead atoms. The lowest BCUT2D eigenvalue weighted by molar-refractivity contribution is 0.102. The van der Waals surface area contributed by atoms with Crippen molar-refractivity contribution in [3.05, 3.63) is 71.8 Å². The first kappa shape index (κ1) is 20.1. The number of aromatic nitrogens is 2. The van der Waals surface area contributed by atoms with E-state index >= 15 is 0 Å². The minimum atomic E-state index is -0.164. The molecule has 1 aliphatic rings. The molecule has 1 amide bonds. The van der Waals surface area contributed by atoms with Crippen LogP contribution in [0.5, 0.6) is 5.75 Å². The molecule has 1 heterocycles. The van der Waals surface area contributed by atoms with Crippen LogP contribution in [0.25, 0.3) is 22.2 Å².